The molecule has 0 aliphatic heterocycles. The van der Waals surface area contributed by atoms with E-state index >= 15 is 0 Å². The number of carbonyl (C=O) groups is 2. The SMILES string of the molecule is CN(CCCNC(=O)c1ccc(/C=C/c2ccc(C(=O)NCCCN(C)c3ccccc3)cc2)cc1)c1ccccc1. The molecule has 4 aromatic carbocycles. The van der Waals surface area contributed by atoms with Gasteiger partial charge in [-0.1, -0.05) is 72.8 Å². The fourth-order valence-electron chi connectivity index (χ4n) is 4.55. The quantitative estimate of drug-likeness (QED) is 0.139. The molecule has 42 heavy (non-hydrogen) atoms. The summed E-state index contributed by atoms with van der Waals surface area (Å²) < 4.78 is 0. The first-order valence-electron chi connectivity index (χ1n) is 14.5. The number of benzene rings is 4. The van der Waals surface area contributed by atoms with Crippen LogP contribution in [0.25, 0.3) is 12.2 Å². The fourth-order valence-corrected chi connectivity index (χ4v) is 4.55. The molecule has 216 valence electrons. The molecule has 0 unspecified atom stereocenters. The highest BCUT2D eigenvalue weighted by atomic mass is 16.2. The maximum absolute atomic E-state index is 12.5. The molecule has 6 heteroatoms. The van der Waals surface area contributed by atoms with E-state index in [1.54, 1.807) is 0 Å². The number of hydrogen-bond acceptors (Lipinski definition) is 4. The lowest BCUT2D eigenvalue weighted by Crippen LogP contribution is -2.28. The zero-order valence-corrected chi connectivity index (χ0v) is 24.5. The average Bonchev–Trinajstić information content (AvgIpc) is 3.05. The number of carbonyl (C=O) groups excluding carboxylic acids is 2. The Morgan fingerprint density at radius 3 is 1.26 bits per heavy atom. The van der Waals surface area contributed by atoms with Gasteiger partial charge in [0.05, 0.1) is 0 Å². The molecule has 0 spiro atoms. The predicted molar refractivity (Wildman–Crippen MR) is 175 cm³/mol. The molecule has 0 aromatic heterocycles. The standard InChI is InChI=1S/C36H40N4O2/c1-39(33-11-5-3-6-12-33)27-9-25-37-35(41)31-21-17-29(18-22-31)15-16-30-19-23-32(24-20-30)36(42)38-26-10-28-40(2)34-13-7-4-8-14-34/h3-8,11-24H,9-10,25-28H2,1-2H3,(H,37,41)(H,38,42)/b16-15+. The highest BCUT2D eigenvalue weighted by Crippen LogP contribution is 2.13. The third-order valence-corrected chi connectivity index (χ3v) is 7.12. The van der Waals surface area contributed by atoms with Gasteiger partial charge in [-0.05, 0) is 72.5 Å². The number of amides is 2. The van der Waals surface area contributed by atoms with Crippen LogP contribution in [0.1, 0.15) is 44.7 Å². The summed E-state index contributed by atoms with van der Waals surface area (Å²) in [7, 11) is 4.12. The molecule has 2 amide bonds. The minimum Gasteiger partial charge on any atom is -0.375 e. The summed E-state index contributed by atoms with van der Waals surface area (Å²) in [4.78, 5) is 29.4. The molecule has 0 saturated carbocycles. The Labute approximate surface area is 249 Å². The van der Waals surface area contributed by atoms with E-state index in [2.05, 4.69) is 58.8 Å². The van der Waals surface area contributed by atoms with Crippen molar-refractivity contribution in [1.82, 2.24) is 10.6 Å². The molecular formula is C36H40N4O2. The molecule has 0 radical (unpaired) electrons. The van der Waals surface area contributed by atoms with Gasteiger partial charge < -0.3 is 20.4 Å². The van der Waals surface area contributed by atoms with Crippen LogP contribution in [-0.2, 0) is 0 Å². The smallest absolute Gasteiger partial charge is 0.251 e. The first kappa shape index (κ1) is 30.1. The molecule has 0 fully saturated rings. The average molecular weight is 561 g/mol. The molecule has 0 aliphatic carbocycles. The summed E-state index contributed by atoms with van der Waals surface area (Å²) in [5, 5.41) is 6.01. The maximum atomic E-state index is 12.5. The molecular weight excluding hydrogens is 520 g/mol. The van der Waals surface area contributed by atoms with E-state index in [4.69, 9.17) is 0 Å². The summed E-state index contributed by atoms with van der Waals surface area (Å²) in [6.07, 6.45) is 5.73. The second kappa shape index (κ2) is 15.8. The molecule has 6 nitrogen and oxygen atoms in total. The van der Waals surface area contributed by atoms with Crippen LogP contribution >= 0.6 is 0 Å². The van der Waals surface area contributed by atoms with Crippen molar-refractivity contribution in [3.63, 3.8) is 0 Å². The molecule has 0 aliphatic rings. The van der Waals surface area contributed by atoms with Crippen molar-refractivity contribution in [1.29, 1.82) is 0 Å². The lowest BCUT2D eigenvalue weighted by molar-refractivity contribution is 0.0945. The van der Waals surface area contributed by atoms with E-state index in [1.165, 1.54) is 11.4 Å². The zero-order valence-electron chi connectivity index (χ0n) is 24.5. The number of anilines is 2. The Morgan fingerprint density at radius 1 is 0.548 bits per heavy atom. The van der Waals surface area contributed by atoms with E-state index in [-0.39, 0.29) is 11.8 Å². The fraction of sp³-hybridized carbons (Fsp3) is 0.222. The second-order valence-electron chi connectivity index (χ2n) is 10.3. The summed E-state index contributed by atoms with van der Waals surface area (Å²) >= 11 is 0. The molecule has 0 atom stereocenters. The Kier molecular flexibility index (Phi) is 11.3. The Bertz CT molecular complexity index is 1310. The number of nitrogens with zero attached hydrogens (tertiary/aromatic N) is 2. The van der Waals surface area contributed by atoms with Gasteiger partial charge in [-0.25, -0.2) is 0 Å². The summed E-state index contributed by atoms with van der Waals surface area (Å²) in [6.45, 7) is 2.98. The van der Waals surface area contributed by atoms with E-state index in [1.807, 2.05) is 97.1 Å². The molecule has 2 N–H and O–H groups in total. The first-order valence-corrected chi connectivity index (χ1v) is 14.5. The van der Waals surface area contributed by atoms with Crippen LogP contribution in [0.5, 0.6) is 0 Å². The molecule has 0 saturated heterocycles. The predicted octanol–water partition coefficient (Wildman–Crippen LogP) is 6.37. The molecule has 4 rings (SSSR count). The zero-order chi connectivity index (χ0) is 29.6. The van der Waals surface area contributed by atoms with Crippen molar-refractivity contribution in [2.45, 2.75) is 12.8 Å². The van der Waals surface area contributed by atoms with Crippen LogP contribution in [0.4, 0.5) is 11.4 Å². The number of rotatable bonds is 14. The van der Waals surface area contributed by atoms with Gasteiger partial charge in [0.2, 0.25) is 0 Å². The van der Waals surface area contributed by atoms with Crippen LogP contribution in [0.3, 0.4) is 0 Å². The van der Waals surface area contributed by atoms with Gasteiger partial charge in [-0.3, -0.25) is 9.59 Å². The lowest BCUT2D eigenvalue weighted by atomic mass is 10.1. The summed E-state index contributed by atoms with van der Waals surface area (Å²) in [6, 6.07) is 35.6. The van der Waals surface area contributed by atoms with Gasteiger partial charge in [0, 0.05) is 62.8 Å². The Morgan fingerprint density at radius 2 is 0.905 bits per heavy atom. The van der Waals surface area contributed by atoms with Crippen molar-refractivity contribution < 1.29 is 9.59 Å². The minimum absolute atomic E-state index is 0.0648. The van der Waals surface area contributed by atoms with Gasteiger partial charge in [0.1, 0.15) is 0 Å². The van der Waals surface area contributed by atoms with Crippen molar-refractivity contribution in [3.8, 4) is 0 Å². The number of nitrogens with one attached hydrogen (secondary N) is 2. The van der Waals surface area contributed by atoms with E-state index < -0.39 is 0 Å². The van der Waals surface area contributed by atoms with Crippen LogP contribution in [-0.4, -0.2) is 52.1 Å². The largest absolute Gasteiger partial charge is 0.375 e. The lowest BCUT2D eigenvalue weighted by Gasteiger charge is -2.19. The molecule has 0 heterocycles. The highest BCUT2D eigenvalue weighted by molar-refractivity contribution is 5.95. The van der Waals surface area contributed by atoms with Crippen LogP contribution in [0.15, 0.2) is 109 Å². The third-order valence-electron chi connectivity index (χ3n) is 7.12. The normalized spacial score (nSPS) is 10.8. The maximum Gasteiger partial charge on any atom is 0.251 e. The minimum atomic E-state index is -0.0648. The van der Waals surface area contributed by atoms with E-state index in [0.29, 0.717) is 24.2 Å². The molecule has 4 aromatic rings. The van der Waals surface area contributed by atoms with Gasteiger partial charge in [0.15, 0.2) is 0 Å². The van der Waals surface area contributed by atoms with Gasteiger partial charge in [-0.2, -0.15) is 0 Å². The number of para-hydroxylation sites is 2. The molecule has 0 bridgehead atoms. The Hall–Kier alpha value is -4.84. The highest BCUT2D eigenvalue weighted by Gasteiger charge is 2.07. The van der Waals surface area contributed by atoms with E-state index in [9.17, 15) is 9.59 Å². The van der Waals surface area contributed by atoms with Gasteiger partial charge >= 0.3 is 0 Å². The van der Waals surface area contributed by atoms with E-state index in [0.717, 1.165) is 37.1 Å². The van der Waals surface area contributed by atoms with Gasteiger partial charge in [0.25, 0.3) is 11.8 Å². The third kappa shape index (κ3) is 9.37. The monoisotopic (exact) mass is 560 g/mol. The van der Waals surface area contributed by atoms with Crippen LogP contribution in [0.2, 0.25) is 0 Å². The van der Waals surface area contributed by atoms with Crippen LogP contribution < -0.4 is 20.4 Å². The van der Waals surface area contributed by atoms with Crippen molar-refractivity contribution >= 4 is 35.3 Å². The van der Waals surface area contributed by atoms with Crippen LogP contribution in [0, 0.1) is 0 Å². The topological polar surface area (TPSA) is 64.7 Å². The second-order valence-corrected chi connectivity index (χ2v) is 10.3. The Balaban J connectivity index is 1.16. The van der Waals surface area contributed by atoms with Crippen molar-refractivity contribution in [2.75, 3.05) is 50.1 Å². The van der Waals surface area contributed by atoms with Gasteiger partial charge in [-0.15, -0.1) is 0 Å². The summed E-state index contributed by atoms with van der Waals surface area (Å²) in [5.41, 5.74) is 5.62. The first-order chi connectivity index (χ1) is 20.5. The number of hydrogen-bond donors (Lipinski definition) is 2. The van der Waals surface area contributed by atoms with Crippen molar-refractivity contribution in [2.24, 2.45) is 0 Å². The van der Waals surface area contributed by atoms with Crippen molar-refractivity contribution in [3.05, 3.63) is 131 Å². The summed E-state index contributed by atoms with van der Waals surface area (Å²) in [5.74, 6) is -0.130.